The number of urea groups is 1. The van der Waals surface area contributed by atoms with E-state index in [0.29, 0.717) is 30.0 Å². The summed E-state index contributed by atoms with van der Waals surface area (Å²) in [7, 11) is 0. The Morgan fingerprint density at radius 3 is 2.30 bits per heavy atom. The minimum atomic E-state index is -1.05. The smallest absolute Gasteiger partial charge is 0.325 e. The number of imide groups is 1. The summed E-state index contributed by atoms with van der Waals surface area (Å²) in [5.74, 6) is 0.187. The molecule has 2 N–H and O–H groups in total. The normalized spacial score (nSPS) is 17.5. The Balaban J connectivity index is 1.40. The molecule has 3 aromatic carbocycles. The van der Waals surface area contributed by atoms with Gasteiger partial charge in [-0.2, -0.15) is 0 Å². The molecule has 7 nitrogen and oxygen atoms in total. The van der Waals surface area contributed by atoms with Crippen molar-refractivity contribution in [2.24, 2.45) is 0 Å². The van der Waals surface area contributed by atoms with Crippen LogP contribution < -0.4 is 15.4 Å². The van der Waals surface area contributed by atoms with Gasteiger partial charge in [-0.15, -0.1) is 0 Å². The molecule has 1 atom stereocenters. The minimum absolute atomic E-state index is 0.384. The van der Waals surface area contributed by atoms with Crippen molar-refractivity contribution in [1.29, 1.82) is 0 Å². The topological polar surface area (TPSA) is 87.7 Å². The van der Waals surface area contributed by atoms with Crippen molar-refractivity contribution in [2.45, 2.75) is 25.3 Å². The van der Waals surface area contributed by atoms with E-state index >= 15 is 0 Å². The molecular weight excluding hydrogens is 418 g/mol. The van der Waals surface area contributed by atoms with Crippen LogP contribution in [0.3, 0.4) is 0 Å². The van der Waals surface area contributed by atoms with Crippen LogP contribution in [0.25, 0.3) is 0 Å². The number of aryl methyl sites for hydroxylation is 1. The van der Waals surface area contributed by atoms with Gasteiger partial charge in [0, 0.05) is 0 Å². The third kappa shape index (κ3) is 5.20. The molecule has 0 aliphatic carbocycles. The Hall–Kier alpha value is -4.13. The average Bonchev–Trinajstić information content (AvgIpc) is 3.03. The van der Waals surface area contributed by atoms with E-state index in [1.165, 1.54) is 0 Å². The van der Waals surface area contributed by atoms with Gasteiger partial charge in [-0.3, -0.25) is 14.5 Å². The molecule has 33 heavy (non-hydrogen) atoms. The summed E-state index contributed by atoms with van der Waals surface area (Å²) in [6.45, 7) is 1.31. The number of carbonyl (C=O) groups excluding carboxylic acids is 3. The van der Waals surface area contributed by atoms with Gasteiger partial charge < -0.3 is 15.4 Å². The standard InChI is InChI=1S/C26H25N3O4/c1-26(17-16-19-10-4-2-5-11-19)24(31)29(25(32)28-26)18-23(30)27-21-14-8-9-15-22(21)33-20-12-6-3-7-13-20/h2-15H,16-18H2,1H3,(H,27,30)(H,28,32). The number of nitrogens with one attached hydrogen (secondary N) is 2. The van der Waals surface area contributed by atoms with Crippen LogP contribution in [-0.4, -0.2) is 34.8 Å². The first-order valence-corrected chi connectivity index (χ1v) is 10.7. The van der Waals surface area contributed by atoms with Crippen LogP contribution >= 0.6 is 0 Å². The number of ether oxygens (including phenoxy) is 1. The van der Waals surface area contributed by atoms with Gasteiger partial charge in [-0.05, 0) is 49.6 Å². The molecule has 1 aliphatic heterocycles. The number of para-hydroxylation sites is 3. The molecule has 7 heteroatoms. The fourth-order valence-corrected chi connectivity index (χ4v) is 3.71. The van der Waals surface area contributed by atoms with E-state index < -0.39 is 23.4 Å². The van der Waals surface area contributed by atoms with Crippen molar-refractivity contribution in [3.63, 3.8) is 0 Å². The molecule has 4 rings (SSSR count). The van der Waals surface area contributed by atoms with Crippen LogP contribution in [0.1, 0.15) is 18.9 Å². The molecule has 0 saturated carbocycles. The Morgan fingerprint density at radius 2 is 1.58 bits per heavy atom. The van der Waals surface area contributed by atoms with Crippen LogP contribution in [0.15, 0.2) is 84.9 Å². The average molecular weight is 444 g/mol. The maximum absolute atomic E-state index is 13.0. The quantitative estimate of drug-likeness (QED) is 0.507. The number of anilines is 1. The number of carbonyl (C=O) groups is 3. The summed E-state index contributed by atoms with van der Waals surface area (Å²) in [4.78, 5) is 39.2. The highest BCUT2D eigenvalue weighted by molar-refractivity contribution is 6.10. The number of nitrogens with zero attached hydrogens (tertiary/aromatic N) is 1. The highest BCUT2D eigenvalue weighted by atomic mass is 16.5. The van der Waals surface area contributed by atoms with Gasteiger partial charge in [0.1, 0.15) is 17.8 Å². The first kappa shape index (κ1) is 22.1. The fourth-order valence-electron chi connectivity index (χ4n) is 3.71. The zero-order valence-corrected chi connectivity index (χ0v) is 18.3. The molecular formula is C26H25N3O4. The van der Waals surface area contributed by atoms with Gasteiger partial charge in [0.05, 0.1) is 5.69 Å². The molecule has 0 radical (unpaired) electrons. The molecule has 0 bridgehead atoms. The number of hydrogen-bond acceptors (Lipinski definition) is 4. The lowest BCUT2D eigenvalue weighted by atomic mass is 9.93. The molecule has 3 aromatic rings. The third-order valence-electron chi connectivity index (χ3n) is 5.54. The molecule has 1 unspecified atom stereocenters. The van der Waals surface area contributed by atoms with Crippen molar-refractivity contribution < 1.29 is 19.1 Å². The van der Waals surface area contributed by atoms with Gasteiger partial charge in [0.15, 0.2) is 5.75 Å². The van der Waals surface area contributed by atoms with Gasteiger partial charge in [-0.25, -0.2) is 4.79 Å². The van der Waals surface area contributed by atoms with Gasteiger partial charge >= 0.3 is 6.03 Å². The Labute approximate surface area is 192 Å². The highest BCUT2D eigenvalue weighted by Crippen LogP contribution is 2.29. The maximum Gasteiger partial charge on any atom is 0.325 e. The van der Waals surface area contributed by atoms with E-state index in [1.54, 1.807) is 31.2 Å². The Bertz CT molecular complexity index is 1150. The summed E-state index contributed by atoms with van der Waals surface area (Å²) in [5, 5.41) is 5.49. The number of hydrogen-bond donors (Lipinski definition) is 2. The summed E-state index contributed by atoms with van der Waals surface area (Å²) in [6.07, 6.45) is 1.07. The van der Waals surface area contributed by atoms with Crippen LogP contribution in [-0.2, 0) is 16.0 Å². The second-order valence-corrected chi connectivity index (χ2v) is 8.10. The second-order valence-electron chi connectivity index (χ2n) is 8.10. The summed E-state index contributed by atoms with van der Waals surface area (Å²) >= 11 is 0. The van der Waals surface area contributed by atoms with Crippen molar-refractivity contribution in [3.8, 4) is 11.5 Å². The molecule has 1 saturated heterocycles. The predicted octanol–water partition coefficient (Wildman–Crippen LogP) is 4.36. The minimum Gasteiger partial charge on any atom is -0.455 e. The van der Waals surface area contributed by atoms with E-state index in [4.69, 9.17) is 4.74 Å². The van der Waals surface area contributed by atoms with Crippen LogP contribution in [0, 0.1) is 0 Å². The van der Waals surface area contributed by atoms with E-state index in [0.717, 1.165) is 10.5 Å². The third-order valence-corrected chi connectivity index (χ3v) is 5.54. The first-order chi connectivity index (χ1) is 15.9. The fraction of sp³-hybridized carbons (Fsp3) is 0.192. The molecule has 1 heterocycles. The molecule has 1 aliphatic rings. The summed E-state index contributed by atoms with van der Waals surface area (Å²) in [6, 6.07) is 25.4. The van der Waals surface area contributed by atoms with Crippen molar-refractivity contribution in [1.82, 2.24) is 10.2 Å². The number of benzene rings is 3. The van der Waals surface area contributed by atoms with Gasteiger partial charge in [0.25, 0.3) is 5.91 Å². The second kappa shape index (κ2) is 9.56. The summed E-state index contributed by atoms with van der Waals surface area (Å²) in [5.41, 5.74) is 0.471. The first-order valence-electron chi connectivity index (χ1n) is 10.7. The predicted molar refractivity (Wildman–Crippen MR) is 125 cm³/mol. The molecule has 1 fully saturated rings. The zero-order chi connectivity index (χ0) is 23.3. The van der Waals surface area contributed by atoms with Crippen LogP contribution in [0.4, 0.5) is 10.5 Å². The van der Waals surface area contributed by atoms with Crippen molar-refractivity contribution in [3.05, 3.63) is 90.5 Å². The van der Waals surface area contributed by atoms with E-state index in [9.17, 15) is 14.4 Å². The molecule has 0 aromatic heterocycles. The van der Waals surface area contributed by atoms with Gasteiger partial charge in [0.2, 0.25) is 5.91 Å². The molecule has 4 amide bonds. The van der Waals surface area contributed by atoms with E-state index in [2.05, 4.69) is 10.6 Å². The van der Waals surface area contributed by atoms with Gasteiger partial charge in [-0.1, -0.05) is 60.7 Å². The molecule has 168 valence electrons. The lowest BCUT2D eigenvalue weighted by molar-refractivity contribution is -0.133. The Kier molecular flexibility index (Phi) is 6.40. The van der Waals surface area contributed by atoms with Crippen molar-refractivity contribution in [2.75, 3.05) is 11.9 Å². The lowest BCUT2D eigenvalue weighted by Gasteiger charge is -2.21. The highest BCUT2D eigenvalue weighted by Gasteiger charge is 2.47. The summed E-state index contributed by atoms with van der Waals surface area (Å²) < 4.78 is 5.86. The SMILES string of the molecule is CC1(CCc2ccccc2)NC(=O)N(CC(=O)Nc2ccccc2Oc2ccccc2)C1=O. The number of rotatable bonds is 8. The van der Waals surface area contributed by atoms with E-state index in [-0.39, 0.29) is 6.54 Å². The van der Waals surface area contributed by atoms with Crippen LogP contribution in [0.5, 0.6) is 11.5 Å². The lowest BCUT2D eigenvalue weighted by Crippen LogP contribution is -2.45. The largest absolute Gasteiger partial charge is 0.455 e. The van der Waals surface area contributed by atoms with Crippen molar-refractivity contribution >= 4 is 23.5 Å². The zero-order valence-electron chi connectivity index (χ0n) is 18.3. The molecule has 0 spiro atoms. The maximum atomic E-state index is 13.0. The monoisotopic (exact) mass is 443 g/mol. The van der Waals surface area contributed by atoms with E-state index in [1.807, 2.05) is 60.7 Å². The number of amides is 4. The van der Waals surface area contributed by atoms with Crippen LogP contribution in [0.2, 0.25) is 0 Å². The Morgan fingerprint density at radius 1 is 0.939 bits per heavy atom.